The Morgan fingerprint density at radius 1 is 1.50 bits per heavy atom. The van der Waals surface area contributed by atoms with Crippen molar-refractivity contribution < 1.29 is 14.3 Å². The van der Waals surface area contributed by atoms with Gasteiger partial charge in [0.15, 0.2) is 0 Å². The lowest BCUT2D eigenvalue weighted by Crippen LogP contribution is -2.45. The Labute approximate surface area is 110 Å². The summed E-state index contributed by atoms with van der Waals surface area (Å²) in [7, 11) is 1.62. The Bertz CT molecular complexity index is 246. The van der Waals surface area contributed by atoms with Crippen molar-refractivity contribution in [1.29, 1.82) is 0 Å². The van der Waals surface area contributed by atoms with Crippen LogP contribution in [0, 0.1) is 5.92 Å². The fourth-order valence-electron chi connectivity index (χ4n) is 2.07. The van der Waals surface area contributed by atoms with Crippen molar-refractivity contribution >= 4 is 5.91 Å². The third-order valence-electron chi connectivity index (χ3n) is 3.24. The van der Waals surface area contributed by atoms with Gasteiger partial charge in [0.25, 0.3) is 0 Å². The molecule has 2 atom stereocenters. The van der Waals surface area contributed by atoms with Gasteiger partial charge in [-0.05, 0) is 18.8 Å². The molecule has 1 heterocycles. The predicted octanol–water partition coefficient (Wildman–Crippen LogP) is 0.542. The molecule has 2 N–H and O–H groups in total. The summed E-state index contributed by atoms with van der Waals surface area (Å²) in [6.45, 7) is 6.62. The maximum absolute atomic E-state index is 11.5. The van der Waals surface area contributed by atoms with Gasteiger partial charge in [-0.3, -0.25) is 4.79 Å². The van der Waals surface area contributed by atoms with E-state index >= 15 is 0 Å². The van der Waals surface area contributed by atoms with E-state index < -0.39 is 0 Å². The van der Waals surface area contributed by atoms with Crippen LogP contribution in [0.2, 0.25) is 0 Å². The second kappa shape index (κ2) is 8.45. The van der Waals surface area contributed by atoms with Gasteiger partial charge in [0.2, 0.25) is 5.91 Å². The fourth-order valence-corrected chi connectivity index (χ4v) is 2.07. The minimum absolute atomic E-state index is 0.0274. The maximum atomic E-state index is 11.5. The largest absolute Gasteiger partial charge is 0.383 e. The zero-order valence-electron chi connectivity index (χ0n) is 11.7. The summed E-state index contributed by atoms with van der Waals surface area (Å²) < 4.78 is 10.6. The number of methoxy groups -OCH3 is 1. The minimum Gasteiger partial charge on any atom is -0.383 e. The molecule has 1 rings (SSSR count). The van der Waals surface area contributed by atoms with Crippen molar-refractivity contribution in [2.45, 2.75) is 38.8 Å². The third-order valence-corrected chi connectivity index (χ3v) is 3.24. The molecule has 106 valence electrons. The predicted molar refractivity (Wildman–Crippen MR) is 70.5 cm³/mol. The van der Waals surface area contributed by atoms with Gasteiger partial charge in [-0.15, -0.1) is 0 Å². The number of hydrogen-bond donors (Lipinski definition) is 2. The highest BCUT2D eigenvalue weighted by Gasteiger charge is 2.24. The first-order chi connectivity index (χ1) is 8.63. The lowest BCUT2D eigenvalue weighted by Gasteiger charge is -2.32. The molecule has 0 spiro atoms. The van der Waals surface area contributed by atoms with Crippen molar-refractivity contribution in [3.8, 4) is 0 Å². The summed E-state index contributed by atoms with van der Waals surface area (Å²) in [5.41, 5.74) is 0. The van der Waals surface area contributed by atoms with Crippen LogP contribution in [0.15, 0.2) is 0 Å². The molecule has 1 amide bonds. The molecule has 0 saturated carbocycles. The Balaban J connectivity index is 2.16. The summed E-state index contributed by atoms with van der Waals surface area (Å²) in [5.74, 6) is 0.560. The van der Waals surface area contributed by atoms with Crippen LogP contribution in [-0.2, 0) is 14.3 Å². The summed E-state index contributed by atoms with van der Waals surface area (Å²) >= 11 is 0. The van der Waals surface area contributed by atoms with Gasteiger partial charge in [0.05, 0.1) is 19.3 Å². The first kappa shape index (κ1) is 15.4. The van der Waals surface area contributed by atoms with E-state index in [9.17, 15) is 4.79 Å². The summed E-state index contributed by atoms with van der Waals surface area (Å²) in [6.07, 6.45) is 2.28. The number of carbonyl (C=O) groups is 1. The van der Waals surface area contributed by atoms with E-state index in [0.717, 1.165) is 19.4 Å². The quantitative estimate of drug-likeness (QED) is 0.655. The van der Waals surface area contributed by atoms with Crippen molar-refractivity contribution in [2.75, 3.05) is 33.4 Å². The fraction of sp³-hybridized carbons (Fsp3) is 0.923. The molecule has 0 aromatic rings. The second-order valence-corrected chi connectivity index (χ2v) is 5.10. The molecule has 1 aliphatic rings. The van der Waals surface area contributed by atoms with E-state index in [4.69, 9.17) is 9.47 Å². The Morgan fingerprint density at radius 2 is 2.28 bits per heavy atom. The molecular formula is C13H26N2O3. The number of rotatable bonds is 7. The molecule has 0 aromatic carbocycles. The van der Waals surface area contributed by atoms with Crippen LogP contribution in [-0.4, -0.2) is 51.5 Å². The summed E-state index contributed by atoms with van der Waals surface area (Å²) in [5, 5.41) is 6.10. The normalized spacial score (nSPS) is 24.2. The average molecular weight is 258 g/mol. The molecular weight excluding hydrogens is 232 g/mol. The van der Waals surface area contributed by atoms with Crippen LogP contribution in [0.25, 0.3) is 0 Å². The van der Waals surface area contributed by atoms with Gasteiger partial charge < -0.3 is 20.1 Å². The highest BCUT2D eigenvalue weighted by molar-refractivity contribution is 5.77. The minimum atomic E-state index is 0.0274. The van der Waals surface area contributed by atoms with Crippen LogP contribution < -0.4 is 10.6 Å². The zero-order chi connectivity index (χ0) is 13.4. The molecule has 0 radical (unpaired) electrons. The lowest BCUT2D eigenvalue weighted by molar-refractivity contribution is -0.120. The molecule has 0 aromatic heterocycles. The molecule has 1 aliphatic heterocycles. The average Bonchev–Trinajstić information content (AvgIpc) is 2.37. The van der Waals surface area contributed by atoms with E-state index in [2.05, 4.69) is 24.5 Å². The number of hydrogen-bond acceptors (Lipinski definition) is 4. The summed E-state index contributed by atoms with van der Waals surface area (Å²) in [4.78, 5) is 11.5. The zero-order valence-corrected chi connectivity index (χ0v) is 11.7. The first-order valence-electron chi connectivity index (χ1n) is 6.74. The molecule has 5 heteroatoms. The molecule has 1 saturated heterocycles. The van der Waals surface area contributed by atoms with Gasteiger partial charge in [-0.1, -0.05) is 13.8 Å². The SMILES string of the molecule is COCCNC(=O)CNC1CCOC(C(C)C)C1. The molecule has 1 fully saturated rings. The smallest absolute Gasteiger partial charge is 0.234 e. The van der Waals surface area contributed by atoms with Crippen LogP contribution in [0.5, 0.6) is 0 Å². The maximum Gasteiger partial charge on any atom is 0.234 e. The molecule has 0 aliphatic carbocycles. The topological polar surface area (TPSA) is 59.6 Å². The van der Waals surface area contributed by atoms with E-state index in [1.165, 1.54) is 0 Å². The van der Waals surface area contributed by atoms with Crippen molar-refractivity contribution in [2.24, 2.45) is 5.92 Å². The van der Waals surface area contributed by atoms with Crippen molar-refractivity contribution in [1.82, 2.24) is 10.6 Å². The number of nitrogens with one attached hydrogen (secondary N) is 2. The van der Waals surface area contributed by atoms with Crippen molar-refractivity contribution in [3.05, 3.63) is 0 Å². The number of amides is 1. The number of carbonyl (C=O) groups excluding carboxylic acids is 1. The van der Waals surface area contributed by atoms with E-state index in [1.54, 1.807) is 7.11 Å². The van der Waals surface area contributed by atoms with Crippen LogP contribution in [0.3, 0.4) is 0 Å². The second-order valence-electron chi connectivity index (χ2n) is 5.10. The molecule has 2 unspecified atom stereocenters. The van der Waals surface area contributed by atoms with Crippen LogP contribution in [0.1, 0.15) is 26.7 Å². The Morgan fingerprint density at radius 3 is 2.94 bits per heavy atom. The van der Waals surface area contributed by atoms with Crippen LogP contribution >= 0.6 is 0 Å². The van der Waals surface area contributed by atoms with E-state index in [1.807, 2.05) is 0 Å². The third kappa shape index (κ3) is 5.80. The van der Waals surface area contributed by atoms with Crippen LogP contribution in [0.4, 0.5) is 0 Å². The van der Waals surface area contributed by atoms with Gasteiger partial charge in [-0.2, -0.15) is 0 Å². The van der Waals surface area contributed by atoms with E-state index in [-0.39, 0.29) is 5.91 Å². The van der Waals surface area contributed by atoms with Crippen molar-refractivity contribution in [3.63, 3.8) is 0 Å². The Hall–Kier alpha value is -0.650. The molecule has 18 heavy (non-hydrogen) atoms. The highest BCUT2D eigenvalue weighted by Crippen LogP contribution is 2.19. The summed E-state index contributed by atoms with van der Waals surface area (Å²) in [6, 6.07) is 0.388. The van der Waals surface area contributed by atoms with Gasteiger partial charge in [0, 0.05) is 26.3 Å². The van der Waals surface area contributed by atoms with E-state index in [0.29, 0.717) is 37.8 Å². The lowest BCUT2D eigenvalue weighted by atomic mass is 9.95. The number of ether oxygens (including phenoxy) is 2. The van der Waals surface area contributed by atoms with Gasteiger partial charge in [-0.25, -0.2) is 0 Å². The Kier molecular flexibility index (Phi) is 7.23. The monoisotopic (exact) mass is 258 g/mol. The first-order valence-corrected chi connectivity index (χ1v) is 6.74. The highest BCUT2D eigenvalue weighted by atomic mass is 16.5. The molecule has 0 bridgehead atoms. The molecule has 5 nitrogen and oxygen atoms in total. The van der Waals surface area contributed by atoms with Gasteiger partial charge in [0.1, 0.15) is 0 Å². The van der Waals surface area contributed by atoms with Gasteiger partial charge >= 0.3 is 0 Å². The standard InChI is InChI=1S/C13H26N2O3/c1-10(2)12-8-11(4-6-18-12)15-9-13(16)14-5-7-17-3/h10-12,15H,4-9H2,1-3H3,(H,14,16).